The van der Waals surface area contributed by atoms with Gasteiger partial charge in [0.1, 0.15) is 0 Å². The Morgan fingerprint density at radius 3 is 2.36 bits per heavy atom. The molecule has 0 radical (unpaired) electrons. The summed E-state index contributed by atoms with van der Waals surface area (Å²) in [7, 11) is 0. The van der Waals surface area contributed by atoms with Crippen molar-refractivity contribution in [2.75, 3.05) is 37.6 Å². The first-order valence-electron chi connectivity index (χ1n) is 10.3. The Balaban J connectivity index is 1.22. The predicted octanol–water partition coefficient (Wildman–Crippen LogP) is 0.888. The lowest BCUT2D eigenvalue weighted by Gasteiger charge is -2.31. The van der Waals surface area contributed by atoms with Crippen LogP contribution in [0.5, 0.6) is 0 Å². The minimum Gasteiger partial charge on any atom is -0.360 e. The van der Waals surface area contributed by atoms with E-state index in [0.717, 1.165) is 43.5 Å². The van der Waals surface area contributed by atoms with Gasteiger partial charge in [-0.2, -0.15) is 0 Å². The lowest BCUT2D eigenvalue weighted by atomic mass is 9.95. The quantitative estimate of drug-likeness (QED) is 0.790. The molecule has 4 rings (SSSR count). The largest absolute Gasteiger partial charge is 0.360 e. The zero-order valence-corrected chi connectivity index (χ0v) is 16.2. The number of likely N-dealkylation sites (tertiary alicyclic amines) is 1. The van der Waals surface area contributed by atoms with Crippen LogP contribution in [-0.4, -0.2) is 55.3 Å². The van der Waals surface area contributed by atoms with Gasteiger partial charge in [-0.25, -0.2) is 0 Å². The van der Waals surface area contributed by atoms with Gasteiger partial charge < -0.3 is 20.4 Å². The molecule has 1 aromatic carbocycles. The van der Waals surface area contributed by atoms with Crippen LogP contribution in [0.15, 0.2) is 24.3 Å². The lowest BCUT2D eigenvalue weighted by Crippen LogP contribution is -2.47. The van der Waals surface area contributed by atoms with Crippen molar-refractivity contribution in [3.63, 3.8) is 0 Å². The van der Waals surface area contributed by atoms with Gasteiger partial charge in [0.05, 0.1) is 6.54 Å². The van der Waals surface area contributed by atoms with E-state index < -0.39 is 0 Å². The summed E-state index contributed by atoms with van der Waals surface area (Å²) in [5, 5.41) is 5.86. The van der Waals surface area contributed by atoms with Crippen LogP contribution in [0.4, 0.5) is 5.69 Å². The first-order chi connectivity index (χ1) is 13.6. The lowest BCUT2D eigenvalue weighted by molar-refractivity contribution is -0.136. The van der Waals surface area contributed by atoms with Gasteiger partial charge in [0.15, 0.2) is 0 Å². The number of hydrogen-bond acceptors (Lipinski definition) is 4. The Hall–Kier alpha value is -2.57. The fourth-order valence-electron chi connectivity index (χ4n) is 3.97. The number of carbonyl (C=O) groups excluding carboxylic acids is 3. The normalized spacial score (nSPS) is 20.6. The fourth-order valence-corrected chi connectivity index (χ4v) is 3.97. The van der Waals surface area contributed by atoms with Gasteiger partial charge in [-0.3, -0.25) is 14.4 Å². The molecule has 3 amide bonds. The first kappa shape index (κ1) is 18.8. The van der Waals surface area contributed by atoms with Crippen molar-refractivity contribution in [3.05, 3.63) is 29.8 Å². The minimum atomic E-state index is -0.00520. The number of hydrogen-bond donors (Lipinski definition) is 2. The van der Waals surface area contributed by atoms with Crippen molar-refractivity contribution in [1.82, 2.24) is 15.5 Å². The average molecular weight is 384 g/mol. The SMILES string of the molecule is O=C1CN(c2ccc(CNC(=O)C3CCN(C(=O)C4CC4)CC3)cc2)CCN1. The second-order valence-electron chi connectivity index (χ2n) is 8.03. The summed E-state index contributed by atoms with van der Waals surface area (Å²) in [5.74, 6) is 0.662. The molecule has 7 nitrogen and oxygen atoms in total. The molecule has 0 spiro atoms. The van der Waals surface area contributed by atoms with Crippen LogP contribution in [0.25, 0.3) is 0 Å². The average Bonchev–Trinajstić information content (AvgIpc) is 3.57. The van der Waals surface area contributed by atoms with Gasteiger partial charge in [0, 0.05) is 50.2 Å². The van der Waals surface area contributed by atoms with E-state index in [2.05, 4.69) is 15.5 Å². The van der Waals surface area contributed by atoms with Crippen LogP contribution in [0.3, 0.4) is 0 Å². The molecule has 1 saturated carbocycles. The number of anilines is 1. The zero-order chi connectivity index (χ0) is 19.5. The summed E-state index contributed by atoms with van der Waals surface area (Å²) in [5.41, 5.74) is 2.07. The Labute approximate surface area is 165 Å². The Bertz CT molecular complexity index is 737. The van der Waals surface area contributed by atoms with Crippen molar-refractivity contribution in [3.8, 4) is 0 Å². The van der Waals surface area contributed by atoms with Crippen molar-refractivity contribution >= 4 is 23.4 Å². The van der Waals surface area contributed by atoms with Crippen molar-refractivity contribution < 1.29 is 14.4 Å². The predicted molar refractivity (Wildman–Crippen MR) is 106 cm³/mol. The van der Waals surface area contributed by atoms with Crippen LogP contribution in [0, 0.1) is 11.8 Å². The molecule has 0 atom stereocenters. The summed E-state index contributed by atoms with van der Waals surface area (Å²) >= 11 is 0. The smallest absolute Gasteiger partial charge is 0.239 e. The molecule has 2 saturated heterocycles. The number of piperidine rings is 1. The van der Waals surface area contributed by atoms with Gasteiger partial charge in [-0.15, -0.1) is 0 Å². The third-order valence-electron chi connectivity index (χ3n) is 5.91. The summed E-state index contributed by atoms with van der Waals surface area (Å²) in [6.07, 6.45) is 3.56. The Morgan fingerprint density at radius 2 is 1.71 bits per heavy atom. The molecule has 3 fully saturated rings. The summed E-state index contributed by atoms with van der Waals surface area (Å²) in [4.78, 5) is 40.1. The third-order valence-corrected chi connectivity index (χ3v) is 5.91. The Morgan fingerprint density at radius 1 is 1.00 bits per heavy atom. The van der Waals surface area contributed by atoms with Crippen molar-refractivity contribution in [1.29, 1.82) is 0 Å². The molecule has 0 bridgehead atoms. The highest BCUT2D eigenvalue weighted by Crippen LogP contribution is 2.32. The van der Waals surface area contributed by atoms with Gasteiger partial charge in [-0.1, -0.05) is 12.1 Å². The molecule has 2 aliphatic heterocycles. The molecule has 150 valence electrons. The summed E-state index contributed by atoms with van der Waals surface area (Å²) in [6.45, 7) is 3.77. The Kier molecular flexibility index (Phi) is 5.50. The maximum atomic E-state index is 12.5. The van der Waals surface area contributed by atoms with E-state index in [1.54, 1.807) is 0 Å². The number of benzene rings is 1. The number of nitrogens with zero attached hydrogens (tertiary/aromatic N) is 2. The maximum Gasteiger partial charge on any atom is 0.239 e. The van der Waals surface area contributed by atoms with Crippen LogP contribution < -0.4 is 15.5 Å². The molecule has 0 aromatic heterocycles. The van der Waals surface area contributed by atoms with E-state index in [9.17, 15) is 14.4 Å². The number of piperazine rings is 1. The molecule has 7 heteroatoms. The zero-order valence-electron chi connectivity index (χ0n) is 16.2. The number of carbonyl (C=O) groups is 3. The number of nitrogens with one attached hydrogen (secondary N) is 2. The molecule has 1 aliphatic carbocycles. The van der Waals surface area contributed by atoms with Gasteiger partial charge in [0.2, 0.25) is 17.7 Å². The molecule has 0 unspecified atom stereocenters. The van der Waals surface area contributed by atoms with Crippen LogP contribution in [0.2, 0.25) is 0 Å². The minimum absolute atomic E-state index is 0.00520. The first-order valence-corrected chi connectivity index (χ1v) is 10.3. The van der Waals surface area contributed by atoms with E-state index in [1.807, 2.05) is 29.2 Å². The van der Waals surface area contributed by atoms with E-state index in [-0.39, 0.29) is 29.6 Å². The number of amides is 3. The molecule has 28 heavy (non-hydrogen) atoms. The second kappa shape index (κ2) is 8.20. The molecule has 2 N–H and O–H groups in total. The van der Waals surface area contributed by atoms with Crippen molar-refractivity contribution in [2.45, 2.75) is 32.2 Å². The molecule has 3 aliphatic rings. The monoisotopic (exact) mass is 384 g/mol. The van der Waals surface area contributed by atoms with Gasteiger partial charge in [-0.05, 0) is 43.4 Å². The third kappa shape index (κ3) is 4.46. The van der Waals surface area contributed by atoms with Crippen molar-refractivity contribution in [2.24, 2.45) is 11.8 Å². The standard InChI is InChI=1S/C21H28N4O3/c26-19-14-25(12-9-22-19)18-5-1-15(2-6-18)13-23-20(27)16-7-10-24(11-8-16)21(28)17-3-4-17/h1-2,5-6,16-17H,3-4,7-14H2,(H,22,26)(H,23,27). The molecule has 1 aromatic rings. The summed E-state index contributed by atoms with van der Waals surface area (Å²) in [6, 6.07) is 8.00. The van der Waals surface area contributed by atoms with E-state index in [1.165, 1.54) is 0 Å². The number of rotatable bonds is 5. The summed E-state index contributed by atoms with van der Waals surface area (Å²) < 4.78 is 0. The van der Waals surface area contributed by atoms with Crippen LogP contribution in [-0.2, 0) is 20.9 Å². The van der Waals surface area contributed by atoms with Crippen LogP contribution in [0.1, 0.15) is 31.2 Å². The van der Waals surface area contributed by atoms with Gasteiger partial charge in [0.25, 0.3) is 0 Å². The topological polar surface area (TPSA) is 81.8 Å². The van der Waals surface area contributed by atoms with Gasteiger partial charge >= 0.3 is 0 Å². The second-order valence-corrected chi connectivity index (χ2v) is 8.03. The highest BCUT2D eigenvalue weighted by molar-refractivity contribution is 5.83. The van der Waals surface area contributed by atoms with Crippen LogP contribution >= 0.6 is 0 Å². The van der Waals surface area contributed by atoms with E-state index in [0.29, 0.717) is 32.7 Å². The maximum absolute atomic E-state index is 12.5. The fraction of sp³-hybridized carbons (Fsp3) is 0.571. The molecular formula is C21H28N4O3. The molecule has 2 heterocycles. The molecular weight excluding hydrogens is 356 g/mol. The highest BCUT2D eigenvalue weighted by Gasteiger charge is 2.35. The highest BCUT2D eigenvalue weighted by atomic mass is 16.2. The van der Waals surface area contributed by atoms with E-state index >= 15 is 0 Å². The van der Waals surface area contributed by atoms with E-state index in [4.69, 9.17) is 0 Å².